The van der Waals surface area contributed by atoms with Crippen LogP contribution in [0, 0.1) is 11.6 Å². The Labute approximate surface area is 258 Å². The van der Waals surface area contributed by atoms with Crippen molar-refractivity contribution in [1.29, 1.82) is 0 Å². The molecule has 1 unspecified atom stereocenters. The maximum atomic E-state index is 16.2. The van der Waals surface area contributed by atoms with Gasteiger partial charge in [-0.2, -0.15) is 4.98 Å². The molecule has 1 amide bonds. The number of nitrogens with one attached hydrogen (secondary N) is 1. The van der Waals surface area contributed by atoms with E-state index >= 15 is 8.78 Å². The lowest BCUT2D eigenvalue weighted by atomic mass is 10.1. The van der Waals surface area contributed by atoms with Crippen molar-refractivity contribution in [2.24, 2.45) is 0 Å². The van der Waals surface area contributed by atoms with Crippen molar-refractivity contribution in [3.63, 3.8) is 0 Å². The maximum Gasteiger partial charge on any atom is 0.355 e. The van der Waals surface area contributed by atoms with Crippen LogP contribution in [0.5, 0.6) is 0 Å². The number of thioether (sulfide) groups is 1. The third kappa shape index (κ3) is 5.21. The van der Waals surface area contributed by atoms with Crippen molar-refractivity contribution >= 4 is 40.2 Å². The largest absolute Gasteiger partial charge is 0.384 e. The molecule has 1 atom stereocenters. The Morgan fingerprint density at radius 3 is 2.75 bits per heavy atom. The molecule has 1 aromatic carbocycles. The molecular formula is C32H33F2N7O2S. The highest BCUT2D eigenvalue weighted by Gasteiger charge is 2.31. The van der Waals surface area contributed by atoms with Crippen molar-refractivity contribution in [1.82, 2.24) is 24.4 Å². The molecule has 0 radical (unpaired) electrons. The Bertz CT molecular complexity index is 1840. The lowest BCUT2D eigenvalue weighted by molar-refractivity contribution is -0.126. The minimum Gasteiger partial charge on any atom is -0.384 e. The van der Waals surface area contributed by atoms with E-state index in [0.29, 0.717) is 54.4 Å². The minimum absolute atomic E-state index is 0.00317. The van der Waals surface area contributed by atoms with Crippen LogP contribution < -0.4 is 15.9 Å². The fourth-order valence-electron chi connectivity index (χ4n) is 5.91. The Morgan fingerprint density at radius 2 is 2.00 bits per heavy atom. The lowest BCUT2D eigenvalue weighted by Crippen LogP contribution is -2.54. The highest BCUT2D eigenvalue weighted by molar-refractivity contribution is 7.99. The molecule has 2 bridgehead atoms. The van der Waals surface area contributed by atoms with Crippen LogP contribution in [-0.4, -0.2) is 68.3 Å². The van der Waals surface area contributed by atoms with Gasteiger partial charge in [-0.05, 0) is 55.4 Å². The number of amides is 1. The van der Waals surface area contributed by atoms with Crippen molar-refractivity contribution in [3.8, 4) is 16.9 Å². The molecule has 2 aliphatic heterocycles. The van der Waals surface area contributed by atoms with Gasteiger partial charge in [-0.3, -0.25) is 9.78 Å². The lowest BCUT2D eigenvalue weighted by Gasteiger charge is -2.40. The average Bonchev–Trinajstić information content (AvgIpc) is 3.01. The molecule has 3 aromatic heterocycles. The highest BCUT2D eigenvalue weighted by Crippen LogP contribution is 2.38. The van der Waals surface area contributed by atoms with E-state index in [2.05, 4.69) is 21.9 Å². The normalized spacial score (nSPS) is 16.9. The Kier molecular flexibility index (Phi) is 8.10. The van der Waals surface area contributed by atoms with Crippen LogP contribution in [0.1, 0.15) is 38.8 Å². The maximum absolute atomic E-state index is 16.2. The van der Waals surface area contributed by atoms with Gasteiger partial charge in [0.15, 0.2) is 11.5 Å². The molecule has 0 spiro atoms. The average molecular weight is 618 g/mol. The first-order valence-electron chi connectivity index (χ1n) is 14.7. The highest BCUT2D eigenvalue weighted by atomic mass is 32.2. The molecule has 0 aliphatic carbocycles. The zero-order chi connectivity index (χ0) is 31.1. The summed E-state index contributed by atoms with van der Waals surface area (Å²) in [6, 6.07) is 7.45. The standard InChI is InChI=1S/C32H33F2N7O2S/c1-5-25(42)39-13-14-40(19(4)17-39)30-20-16-22(34)28-26-21(33)8-6-9-23(26)35-11-7-15-44-24-10-12-36-27(18(2)3)29(24)41(31(20)37-28)32(43)38-30/h5-6,8-10,12,16,18-19,35H,1,7,11,13-15,17H2,2-4H3. The molecule has 12 heteroatoms. The number of fused-ring (bicyclic) bond motifs is 5. The number of piperazine rings is 1. The topological polar surface area (TPSA) is 96.3 Å². The molecule has 9 nitrogen and oxygen atoms in total. The number of rotatable bonds is 3. The number of carbonyl (C=O) groups excluding carboxylic acids is 1. The number of benzene rings is 1. The molecule has 5 heterocycles. The number of aromatic nitrogens is 4. The predicted octanol–water partition coefficient (Wildman–Crippen LogP) is 5.38. The quantitative estimate of drug-likeness (QED) is 0.307. The first-order chi connectivity index (χ1) is 21.2. The summed E-state index contributed by atoms with van der Waals surface area (Å²) < 4.78 is 33.1. The van der Waals surface area contributed by atoms with E-state index in [1.807, 2.05) is 31.7 Å². The number of halogens is 2. The van der Waals surface area contributed by atoms with Crippen LogP contribution in [0.25, 0.3) is 28.0 Å². The second kappa shape index (κ2) is 12.0. The van der Waals surface area contributed by atoms with Crippen LogP contribution in [-0.2, 0) is 4.79 Å². The number of anilines is 2. The zero-order valence-electron chi connectivity index (χ0n) is 24.8. The smallest absolute Gasteiger partial charge is 0.355 e. The number of carbonyl (C=O) groups is 1. The van der Waals surface area contributed by atoms with Gasteiger partial charge in [0.25, 0.3) is 0 Å². The van der Waals surface area contributed by atoms with E-state index in [4.69, 9.17) is 4.98 Å². The summed E-state index contributed by atoms with van der Waals surface area (Å²) in [6.07, 6.45) is 3.73. The van der Waals surface area contributed by atoms with Gasteiger partial charge in [0.1, 0.15) is 17.3 Å². The molecule has 228 valence electrons. The molecule has 1 saturated heterocycles. The summed E-state index contributed by atoms with van der Waals surface area (Å²) in [5, 5.41) is 3.56. The van der Waals surface area contributed by atoms with Crippen LogP contribution in [0.15, 0.2) is 58.9 Å². The number of hydrogen-bond donors (Lipinski definition) is 1. The van der Waals surface area contributed by atoms with Gasteiger partial charge < -0.3 is 15.1 Å². The van der Waals surface area contributed by atoms with Gasteiger partial charge in [-0.1, -0.05) is 26.5 Å². The second-order valence-electron chi connectivity index (χ2n) is 11.3. The Balaban J connectivity index is 1.68. The molecular weight excluding hydrogens is 584 g/mol. The van der Waals surface area contributed by atoms with Crippen molar-refractivity contribution in [2.45, 2.75) is 44.0 Å². The minimum atomic E-state index is -0.744. The van der Waals surface area contributed by atoms with Crippen LogP contribution in [0.2, 0.25) is 0 Å². The van der Waals surface area contributed by atoms with Crippen molar-refractivity contribution in [3.05, 3.63) is 77.0 Å². The summed E-state index contributed by atoms with van der Waals surface area (Å²) in [5.74, 6) is -0.644. The Morgan fingerprint density at radius 1 is 1.18 bits per heavy atom. The fraction of sp³-hybridized carbons (Fsp3) is 0.344. The molecule has 1 fully saturated rings. The number of pyridine rings is 2. The SMILES string of the molecule is C=CC(=O)N1CCN(c2nc(=O)n3c4nc(c(F)cc24)-c2c(F)cccc2NCCCSc2ccnc(C(C)C)c2-3)C(C)C1. The molecule has 1 N–H and O–H groups in total. The third-order valence-corrected chi connectivity index (χ3v) is 9.15. The number of hydrogen-bond acceptors (Lipinski definition) is 8. The summed E-state index contributed by atoms with van der Waals surface area (Å²) in [7, 11) is 0. The summed E-state index contributed by atoms with van der Waals surface area (Å²) in [4.78, 5) is 44.8. The second-order valence-corrected chi connectivity index (χ2v) is 12.4. The van der Waals surface area contributed by atoms with Gasteiger partial charge in [-0.15, -0.1) is 11.8 Å². The molecule has 4 aromatic rings. The summed E-state index contributed by atoms with van der Waals surface area (Å²) in [5.41, 5.74) is 0.970. The summed E-state index contributed by atoms with van der Waals surface area (Å²) >= 11 is 1.58. The van der Waals surface area contributed by atoms with E-state index in [0.717, 1.165) is 11.3 Å². The first-order valence-corrected chi connectivity index (χ1v) is 15.6. The van der Waals surface area contributed by atoms with Gasteiger partial charge in [0.05, 0.1) is 22.3 Å². The first kappa shape index (κ1) is 29.7. The number of nitrogens with zero attached hydrogens (tertiary/aromatic N) is 6. The zero-order valence-corrected chi connectivity index (χ0v) is 25.6. The van der Waals surface area contributed by atoms with E-state index in [9.17, 15) is 9.59 Å². The fourth-order valence-corrected chi connectivity index (χ4v) is 6.91. The molecule has 2 aliphatic rings. The van der Waals surface area contributed by atoms with Crippen molar-refractivity contribution < 1.29 is 13.6 Å². The van der Waals surface area contributed by atoms with E-state index < -0.39 is 17.3 Å². The van der Waals surface area contributed by atoms with Crippen molar-refractivity contribution in [2.75, 3.05) is 42.1 Å². The van der Waals surface area contributed by atoms with Crippen LogP contribution >= 0.6 is 11.8 Å². The Hall–Kier alpha value is -4.32. The van der Waals surface area contributed by atoms with Gasteiger partial charge in [0, 0.05) is 49.0 Å². The van der Waals surface area contributed by atoms with Gasteiger partial charge >= 0.3 is 5.69 Å². The molecule has 6 rings (SSSR count). The third-order valence-electron chi connectivity index (χ3n) is 8.02. The van der Waals surface area contributed by atoms with E-state index in [1.165, 1.54) is 22.8 Å². The van der Waals surface area contributed by atoms with E-state index in [-0.39, 0.29) is 40.6 Å². The van der Waals surface area contributed by atoms with Gasteiger partial charge in [0.2, 0.25) is 5.91 Å². The van der Waals surface area contributed by atoms with Crippen LogP contribution in [0.4, 0.5) is 20.3 Å². The monoisotopic (exact) mass is 617 g/mol. The predicted molar refractivity (Wildman–Crippen MR) is 170 cm³/mol. The van der Waals surface area contributed by atoms with Gasteiger partial charge in [-0.25, -0.2) is 23.1 Å². The van der Waals surface area contributed by atoms with E-state index in [1.54, 1.807) is 35.0 Å². The summed E-state index contributed by atoms with van der Waals surface area (Å²) in [6.45, 7) is 11.1. The molecule has 0 saturated carbocycles. The molecule has 44 heavy (non-hydrogen) atoms. The van der Waals surface area contributed by atoms with Crippen LogP contribution in [0.3, 0.4) is 0 Å².